The Balaban J connectivity index is 2.38. The van der Waals surface area contributed by atoms with Crippen molar-refractivity contribution in [3.05, 3.63) is 47.5 Å². The van der Waals surface area contributed by atoms with Gasteiger partial charge in [0.05, 0.1) is 17.7 Å². The summed E-state index contributed by atoms with van der Waals surface area (Å²) in [5.41, 5.74) is 0.0230. The minimum atomic E-state index is -2.75. The lowest BCUT2D eigenvalue weighted by Gasteiger charge is -2.07. The molecule has 5 heteroatoms. The molecule has 0 amide bonds. The van der Waals surface area contributed by atoms with Gasteiger partial charge in [-0.3, -0.25) is 4.68 Å². The Bertz CT molecular complexity index is 647. The molecular formula is C12H10FN3O. The van der Waals surface area contributed by atoms with Gasteiger partial charge in [-0.1, -0.05) is 0 Å². The van der Waals surface area contributed by atoms with Gasteiger partial charge in [0.15, 0.2) is 0 Å². The molecule has 0 aliphatic heterocycles. The van der Waals surface area contributed by atoms with Crippen LogP contribution in [0.2, 0.25) is 0 Å². The number of ether oxygens (including phenoxy) is 1. The molecule has 0 radical (unpaired) electrons. The van der Waals surface area contributed by atoms with Crippen LogP contribution in [0.5, 0.6) is 5.75 Å². The number of nitriles is 1. The third kappa shape index (κ3) is 2.26. The Labute approximate surface area is 102 Å². The number of hydrogen-bond donors (Lipinski definition) is 0. The minimum Gasteiger partial charge on any atom is -0.495 e. The second kappa shape index (κ2) is 4.66. The van der Waals surface area contributed by atoms with Gasteiger partial charge in [-0.25, -0.2) is 4.39 Å². The van der Waals surface area contributed by atoms with Crippen LogP contribution in [0.1, 0.15) is 15.2 Å². The maximum Gasteiger partial charge on any atom is 0.145 e. The predicted molar refractivity (Wildman–Crippen MR) is 59.0 cm³/mol. The van der Waals surface area contributed by atoms with Crippen LogP contribution < -0.4 is 4.74 Å². The lowest BCUT2D eigenvalue weighted by atomic mass is 10.1. The maximum atomic E-state index is 13.8. The molecule has 0 spiro atoms. The van der Waals surface area contributed by atoms with E-state index < -0.39 is 18.4 Å². The smallest absolute Gasteiger partial charge is 0.145 e. The van der Waals surface area contributed by atoms with Crippen molar-refractivity contribution in [2.75, 3.05) is 7.04 Å². The third-order valence-corrected chi connectivity index (χ3v) is 2.24. The molecule has 0 aliphatic carbocycles. The first-order valence-electron chi connectivity index (χ1n) is 6.28. The number of methoxy groups -OCH3 is 1. The quantitative estimate of drug-likeness (QED) is 0.815. The van der Waals surface area contributed by atoms with Crippen molar-refractivity contribution in [3.63, 3.8) is 0 Å². The zero-order valence-corrected chi connectivity index (χ0v) is 8.72. The number of rotatable bonds is 3. The summed E-state index contributed by atoms with van der Waals surface area (Å²) in [6.07, 6.45) is 3.25. The number of halogens is 1. The van der Waals surface area contributed by atoms with Crippen molar-refractivity contribution < 1.29 is 13.2 Å². The van der Waals surface area contributed by atoms with Gasteiger partial charge in [0.25, 0.3) is 0 Å². The first-order chi connectivity index (χ1) is 9.39. The summed E-state index contributed by atoms with van der Waals surface area (Å²) in [6.45, 7) is 0.243. The number of hydrogen-bond acceptors (Lipinski definition) is 3. The highest BCUT2D eigenvalue weighted by atomic mass is 19.1. The van der Waals surface area contributed by atoms with Crippen molar-refractivity contribution in [2.24, 2.45) is 0 Å². The lowest BCUT2D eigenvalue weighted by molar-refractivity contribution is 0.408. The van der Waals surface area contributed by atoms with E-state index in [9.17, 15) is 4.39 Å². The Morgan fingerprint density at radius 1 is 1.65 bits per heavy atom. The van der Waals surface area contributed by atoms with Crippen LogP contribution in [0.3, 0.4) is 0 Å². The van der Waals surface area contributed by atoms with Crippen LogP contribution in [-0.2, 0) is 6.54 Å². The molecule has 2 aromatic rings. The zero-order valence-electron chi connectivity index (χ0n) is 11.7. The summed E-state index contributed by atoms with van der Waals surface area (Å²) in [4.78, 5) is 0. The highest BCUT2D eigenvalue weighted by molar-refractivity contribution is 5.46. The largest absolute Gasteiger partial charge is 0.495 e. The molecule has 0 saturated heterocycles. The second-order valence-corrected chi connectivity index (χ2v) is 3.37. The van der Waals surface area contributed by atoms with E-state index >= 15 is 0 Å². The van der Waals surface area contributed by atoms with E-state index in [1.54, 1.807) is 29.2 Å². The molecule has 0 saturated carbocycles. The highest BCUT2D eigenvalue weighted by Crippen LogP contribution is 2.23. The van der Waals surface area contributed by atoms with Crippen LogP contribution in [0, 0.1) is 17.1 Å². The van der Waals surface area contributed by atoms with Crippen LogP contribution in [0.15, 0.2) is 30.6 Å². The van der Waals surface area contributed by atoms with E-state index in [-0.39, 0.29) is 12.3 Å². The van der Waals surface area contributed by atoms with Crippen molar-refractivity contribution in [1.82, 2.24) is 9.78 Å². The standard InChI is InChI=1S/C12H10FN3O/c1-17-12-6-9(5-11(13)10(12)7-14)8-16-4-2-3-15-16/h2-6H,8H2,1H3/i1D3. The maximum absolute atomic E-state index is 13.8. The average molecular weight is 234 g/mol. The van der Waals surface area contributed by atoms with Gasteiger partial charge in [-0.2, -0.15) is 10.4 Å². The molecule has 0 aliphatic rings. The SMILES string of the molecule is [2H]C([2H])([2H])Oc1cc(Cn2cccn2)cc(F)c1C#N. The molecule has 1 aromatic heterocycles. The van der Waals surface area contributed by atoms with Crippen LogP contribution >= 0.6 is 0 Å². The van der Waals surface area contributed by atoms with Crippen LogP contribution in [0.25, 0.3) is 0 Å². The number of nitrogens with zero attached hydrogens (tertiary/aromatic N) is 3. The molecule has 4 nitrogen and oxygen atoms in total. The summed E-state index contributed by atoms with van der Waals surface area (Å²) in [5.74, 6) is -1.12. The number of benzene rings is 1. The summed E-state index contributed by atoms with van der Waals surface area (Å²) in [6, 6.07) is 5.80. The van der Waals surface area contributed by atoms with E-state index in [1.807, 2.05) is 0 Å². The molecular weight excluding hydrogens is 221 g/mol. The normalized spacial score (nSPS) is 13.3. The van der Waals surface area contributed by atoms with Gasteiger partial charge in [0.1, 0.15) is 23.2 Å². The van der Waals surface area contributed by atoms with Gasteiger partial charge in [-0.05, 0) is 23.8 Å². The summed E-state index contributed by atoms with van der Waals surface area (Å²) >= 11 is 0. The predicted octanol–water partition coefficient (Wildman–Crippen LogP) is 1.95. The van der Waals surface area contributed by atoms with Gasteiger partial charge in [-0.15, -0.1) is 0 Å². The zero-order chi connectivity index (χ0) is 14.8. The molecule has 86 valence electrons. The minimum absolute atomic E-state index is 0.243. The fourth-order valence-electron chi connectivity index (χ4n) is 1.50. The monoisotopic (exact) mass is 234 g/mol. The topological polar surface area (TPSA) is 50.8 Å². The molecule has 0 bridgehead atoms. The average Bonchev–Trinajstić information content (AvgIpc) is 2.79. The molecule has 1 heterocycles. The Morgan fingerprint density at radius 2 is 2.53 bits per heavy atom. The van der Waals surface area contributed by atoms with Crippen molar-refractivity contribution in [3.8, 4) is 11.8 Å². The molecule has 0 atom stereocenters. The Morgan fingerprint density at radius 3 is 3.18 bits per heavy atom. The van der Waals surface area contributed by atoms with Crippen LogP contribution in [-0.4, -0.2) is 16.8 Å². The van der Waals surface area contributed by atoms with Gasteiger partial charge >= 0.3 is 0 Å². The van der Waals surface area contributed by atoms with Crippen molar-refractivity contribution in [2.45, 2.75) is 6.54 Å². The van der Waals surface area contributed by atoms with Gasteiger partial charge < -0.3 is 4.74 Å². The van der Waals surface area contributed by atoms with Crippen molar-refractivity contribution >= 4 is 0 Å². The first kappa shape index (κ1) is 7.85. The molecule has 17 heavy (non-hydrogen) atoms. The second-order valence-electron chi connectivity index (χ2n) is 3.37. The summed E-state index contributed by atoms with van der Waals surface area (Å²) in [5, 5.41) is 12.8. The van der Waals surface area contributed by atoms with E-state index in [0.717, 1.165) is 6.07 Å². The molecule has 0 N–H and O–H groups in total. The molecule has 2 rings (SSSR count). The van der Waals surface area contributed by atoms with E-state index in [2.05, 4.69) is 9.84 Å². The highest BCUT2D eigenvalue weighted by Gasteiger charge is 2.11. The number of aromatic nitrogens is 2. The molecule has 0 fully saturated rings. The van der Waals surface area contributed by atoms with Crippen molar-refractivity contribution in [1.29, 1.82) is 5.26 Å². The fourth-order valence-corrected chi connectivity index (χ4v) is 1.50. The van der Waals surface area contributed by atoms with Gasteiger partial charge in [0, 0.05) is 12.4 Å². The van der Waals surface area contributed by atoms with Gasteiger partial charge in [0.2, 0.25) is 0 Å². The van der Waals surface area contributed by atoms with E-state index in [1.165, 1.54) is 6.07 Å². The third-order valence-electron chi connectivity index (χ3n) is 2.24. The Hall–Kier alpha value is -2.35. The van der Waals surface area contributed by atoms with E-state index in [0.29, 0.717) is 5.56 Å². The molecule has 0 unspecified atom stereocenters. The van der Waals surface area contributed by atoms with Crippen LogP contribution in [0.4, 0.5) is 4.39 Å². The first-order valence-corrected chi connectivity index (χ1v) is 4.78. The van der Waals surface area contributed by atoms with E-state index in [4.69, 9.17) is 9.37 Å². The Kier molecular flexibility index (Phi) is 2.15. The summed E-state index contributed by atoms with van der Waals surface area (Å²) in [7, 11) is -2.75. The summed E-state index contributed by atoms with van der Waals surface area (Å²) < 4.78 is 41.1. The lowest BCUT2D eigenvalue weighted by Crippen LogP contribution is -2.02. The fraction of sp³-hybridized carbons (Fsp3) is 0.167. The molecule has 1 aromatic carbocycles.